The van der Waals surface area contributed by atoms with Gasteiger partial charge in [-0.15, -0.1) is 5.10 Å². The Bertz CT molecular complexity index is 859. The predicted molar refractivity (Wildman–Crippen MR) is 81.2 cm³/mol. The van der Waals surface area contributed by atoms with Crippen LogP contribution in [0.2, 0.25) is 5.02 Å². The lowest BCUT2D eigenvalue weighted by Gasteiger charge is -2.00. The first-order valence-corrected chi connectivity index (χ1v) is 6.58. The Hall–Kier alpha value is -3.27. The number of aromatic nitrogens is 4. The van der Waals surface area contributed by atoms with Crippen LogP contribution in [0.1, 0.15) is 5.76 Å². The van der Waals surface area contributed by atoms with Crippen LogP contribution in [0, 0.1) is 10.1 Å². The summed E-state index contributed by atoms with van der Waals surface area (Å²) < 4.78 is 5.54. The van der Waals surface area contributed by atoms with Crippen LogP contribution in [-0.2, 0) is 0 Å². The molecule has 0 spiro atoms. The molecule has 23 heavy (non-hydrogen) atoms. The van der Waals surface area contributed by atoms with E-state index in [4.69, 9.17) is 16.0 Å². The Labute approximate surface area is 133 Å². The van der Waals surface area contributed by atoms with Gasteiger partial charge in [-0.2, -0.15) is 10.3 Å². The summed E-state index contributed by atoms with van der Waals surface area (Å²) in [5, 5.41) is 28.0. The first-order chi connectivity index (χ1) is 11.1. The topological polar surface area (TPSA) is 135 Å². The van der Waals surface area contributed by atoms with E-state index in [1.807, 2.05) is 0 Å². The van der Waals surface area contributed by atoms with Crippen molar-refractivity contribution in [2.75, 3.05) is 5.43 Å². The summed E-state index contributed by atoms with van der Waals surface area (Å²) in [6.45, 7) is 0. The average molecular weight is 334 g/mol. The van der Waals surface area contributed by atoms with Gasteiger partial charge in [0.15, 0.2) is 0 Å². The summed E-state index contributed by atoms with van der Waals surface area (Å²) in [4.78, 5) is 10.3. The van der Waals surface area contributed by atoms with Crippen molar-refractivity contribution in [1.29, 1.82) is 0 Å². The number of hydrazone groups is 1. The van der Waals surface area contributed by atoms with Gasteiger partial charge in [0.05, 0.1) is 16.2 Å². The average Bonchev–Trinajstić information content (AvgIpc) is 3.19. The van der Waals surface area contributed by atoms with Gasteiger partial charge < -0.3 is 4.42 Å². The van der Waals surface area contributed by atoms with Crippen molar-refractivity contribution in [2.45, 2.75) is 0 Å². The Morgan fingerprint density at radius 1 is 1.39 bits per heavy atom. The number of H-pyrrole nitrogens is 1. The van der Waals surface area contributed by atoms with Crippen LogP contribution < -0.4 is 5.43 Å². The smallest absolute Gasteiger partial charge is 0.283 e. The molecule has 2 aromatic heterocycles. The number of anilines is 1. The lowest BCUT2D eigenvalue weighted by molar-refractivity contribution is -0.384. The molecule has 1 aromatic carbocycles. The number of hydrogen-bond acceptors (Lipinski definition) is 8. The first-order valence-electron chi connectivity index (χ1n) is 6.20. The number of benzene rings is 1. The van der Waals surface area contributed by atoms with Gasteiger partial charge in [0.2, 0.25) is 0 Å². The number of tetrazole rings is 1. The molecule has 3 aromatic rings. The van der Waals surface area contributed by atoms with E-state index < -0.39 is 4.92 Å². The normalized spacial score (nSPS) is 11.0. The van der Waals surface area contributed by atoms with Crippen LogP contribution in [0.4, 0.5) is 11.6 Å². The second-order valence-electron chi connectivity index (χ2n) is 4.23. The minimum atomic E-state index is -0.500. The number of nitrogens with zero attached hydrogens (tertiary/aromatic N) is 5. The molecule has 0 aliphatic rings. The van der Waals surface area contributed by atoms with Crippen molar-refractivity contribution in [2.24, 2.45) is 5.10 Å². The first kappa shape index (κ1) is 14.7. The van der Waals surface area contributed by atoms with Gasteiger partial charge in [0.25, 0.3) is 11.6 Å². The Morgan fingerprint density at radius 2 is 2.26 bits per heavy atom. The summed E-state index contributed by atoms with van der Waals surface area (Å²) in [5.41, 5.74) is 2.88. The molecule has 0 radical (unpaired) electrons. The highest BCUT2D eigenvalue weighted by Gasteiger charge is 2.14. The fourth-order valence-corrected chi connectivity index (χ4v) is 1.96. The van der Waals surface area contributed by atoms with Crippen LogP contribution in [0.25, 0.3) is 11.3 Å². The Balaban J connectivity index is 1.80. The van der Waals surface area contributed by atoms with E-state index in [1.54, 1.807) is 12.1 Å². The monoisotopic (exact) mass is 333 g/mol. The molecule has 0 unspecified atom stereocenters. The molecule has 10 nitrogen and oxygen atoms in total. The van der Waals surface area contributed by atoms with Gasteiger partial charge in [-0.05, 0) is 23.4 Å². The van der Waals surface area contributed by atoms with Gasteiger partial charge in [0.1, 0.15) is 11.5 Å². The fourth-order valence-electron chi connectivity index (χ4n) is 1.75. The predicted octanol–water partition coefficient (Wildman–Crippen LogP) is 2.47. The van der Waals surface area contributed by atoms with E-state index in [2.05, 4.69) is 31.2 Å². The molecule has 0 atom stereocenters. The highest BCUT2D eigenvalue weighted by Crippen LogP contribution is 2.32. The molecule has 2 heterocycles. The summed E-state index contributed by atoms with van der Waals surface area (Å²) >= 11 is 6.06. The van der Waals surface area contributed by atoms with Crippen molar-refractivity contribution in [3.05, 3.63) is 51.2 Å². The maximum absolute atomic E-state index is 10.8. The van der Waals surface area contributed by atoms with Crippen LogP contribution >= 0.6 is 11.6 Å². The second kappa shape index (κ2) is 6.23. The number of hydrogen-bond donors (Lipinski definition) is 2. The molecule has 3 rings (SSSR count). The summed E-state index contributed by atoms with van der Waals surface area (Å²) in [5.74, 6) is 1.01. The van der Waals surface area contributed by atoms with E-state index in [0.717, 1.165) is 0 Å². The molecule has 0 bridgehead atoms. The molecule has 0 saturated carbocycles. The summed E-state index contributed by atoms with van der Waals surface area (Å²) in [7, 11) is 0. The standard InChI is InChI=1S/C12H8ClN7O3/c13-10-3-1-7(20(21)22)5-9(10)11-4-2-8(23-11)6-14-15-12-16-18-19-17-12/h1-6H,(H2,15,16,17,18,19)/b14-6+. The lowest BCUT2D eigenvalue weighted by atomic mass is 10.1. The molecular weight excluding hydrogens is 326 g/mol. The highest BCUT2D eigenvalue weighted by atomic mass is 35.5. The maximum atomic E-state index is 10.8. The minimum Gasteiger partial charge on any atom is -0.455 e. The Kier molecular flexibility index (Phi) is 3.97. The molecule has 0 aliphatic carbocycles. The number of aromatic amines is 1. The van der Waals surface area contributed by atoms with E-state index in [-0.39, 0.29) is 11.6 Å². The molecule has 11 heteroatoms. The highest BCUT2D eigenvalue weighted by molar-refractivity contribution is 6.33. The quantitative estimate of drug-likeness (QED) is 0.416. The van der Waals surface area contributed by atoms with E-state index in [9.17, 15) is 10.1 Å². The molecular formula is C12H8ClN7O3. The van der Waals surface area contributed by atoms with E-state index in [0.29, 0.717) is 22.1 Å². The van der Waals surface area contributed by atoms with Crippen molar-refractivity contribution < 1.29 is 9.34 Å². The third-order valence-corrected chi connectivity index (χ3v) is 3.08. The number of rotatable bonds is 5. The zero-order valence-corrected chi connectivity index (χ0v) is 12.1. The van der Waals surface area contributed by atoms with Crippen LogP contribution in [0.5, 0.6) is 0 Å². The zero-order valence-electron chi connectivity index (χ0n) is 11.3. The second-order valence-corrected chi connectivity index (χ2v) is 4.64. The van der Waals surface area contributed by atoms with Gasteiger partial charge in [-0.1, -0.05) is 16.7 Å². The lowest BCUT2D eigenvalue weighted by Crippen LogP contribution is -1.91. The van der Waals surface area contributed by atoms with Gasteiger partial charge in [-0.25, -0.2) is 5.43 Å². The van der Waals surface area contributed by atoms with Gasteiger partial charge >= 0.3 is 0 Å². The van der Waals surface area contributed by atoms with Gasteiger partial charge in [-0.3, -0.25) is 10.1 Å². The molecule has 0 fully saturated rings. The van der Waals surface area contributed by atoms with Crippen LogP contribution in [0.15, 0.2) is 39.9 Å². The Morgan fingerprint density at radius 3 is 3.00 bits per heavy atom. The van der Waals surface area contributed by atoms with Crippen molar-refractivity contribution in [1.82, 2.24) is 20.6 Å². The molecule has 2 N–H and O–H groups in total. The number of furan rings is 1. The largest absolute Gasteiger partial charge is 0.455 e. The van der Waals surface area contributed by atoms with E-state index >= 15 is 0 Å². The summed E-state index contributed by atoms with van der Waals surface area (Å²) in [6, 6.07) is 7.40. The maximum Gasteiger partial charge on any atom is 0.283 e. The molecule has 0 saturated heterocycles. The van der Waals surface area contributed by atoms with Gasteiger partial charge in [0, 0.05) is 17.7 Å². The molecule has 0 aliphatic heterocycles. The summed E-state index contributed by atoms with van der Waals surface area (Å²) in [6.07, 6.45) is 1.39. The number of nitro benzene ring substituents is 1. The fraction of sp³-hybridized carbons (Fsp3) is 0. The van der Waals surface area contributed by atoms with E-state index in [1.165, 1.54) is 24.4 Å². The van der Waals surface area contributed by atoms with Crippen molar-refractivity contribution >= 4 is 29.5 Å². The van der Waals surface area contributed by atoms with Crippen LogP contribution in [0.3, 0.4) is 0 Å². The number of nitro groups is 1. The number of nitrogens with one attached hydrogen (secondary N) is 2. The molecule has 0 amide bonds. The van der Waals surface area contributed by atoms with Crippen molar-refractivity contribution in [3.8, 4) is 11.3 Å². The molecule has 116 valence electrons. The minimum absolute atomic E-state index is 0.0743. The SMILES string of the molecule is O=[N+]([O-])c1ccc(Cl)c(-c2ccc(/C=N/Nc3nn[nH]n3)o2)c1. The zero-order chi connectivity index (χ0) is 16.2. The number of halogens is 1. The third kappa shape index (κ3) is 3.32. The number of non-ortho nitro benzene ring substituents is 1. The van der Waals surface area contributed by atoms with Crippen LogP contribution in [-0.4, -0.2) is 31.8 Å². The van der Waals surface area contributed by atoms with Crippen molar-refractivity contribution in [3.63, 3.8) is 0 Å². The third-order valence-electron chi connectivity index (χ3n) is 2.75.